The molecule has 0 amide bonds. The van der Waals surface area contributed by atoms with E-state index in [1.54, 1.807) is 11.8 Å². The summed E-state index contributed by atoms with van der Waals surface area (Å²) in [6.45, 7) is 3.77. The van der Waals surface area contributed by atoms with Gasteiger partial charge in [-0.05, 0) is 20.1 Å². The van der Waals surface area contributed by atoms with Gasteiger partial charge < -0.3 is 0 Å². The van der Waals surface area contributed by atoms with Crippen molar-refractivity contribution in [1.29, 1.82) is 0 Å². The fourth-order valence-electron chi connectivity index (χ4n) is 0.627. The molecule has 1 atom stereocenters. The van der Waals surface area contributed by atoms with E-state index in [-0.39, 0.29) is 5.54 Å². The molecule has 0 rings (SSSR count). The second kappa shape index (κ2) is 4.33. The van der Waals surface area contributed by atoms with Crippen LogP contribution in [-0.4, -0.2) is 26.3 Å². The third-order valence-corrected chi connectivity index (χ3v) is 2.61. The van der Waals surface area contributed by atoms with Gasteiger partial charge >= 0.3 is 0 Å². The van der Waals surface area contributed by atoms with Crippen molar-refractivity contribution < 1.29 is 8.76 Å². The second-order valence-corrected chi connectivity index (χ2v) is 4.24. The van der Waals surface area contributed by atoms with Crippen LogP contribution in [0, 0.1) is 0 Å². The Morgan fingerprint density at radius 1 is 1.70 bits per heavy atom. The molecule has 0 spiro atoms. The van der Waals surface area contributed by atoms with Crippen LogP contribution < -0.4 is 4.72 Å². The highest BCUT2D eigenvalue weighted by Crippen LogP contribution is 2.09. The molecule has 0 saturated carbocycles. The van der Waals surface area contributed by atoms with Gasteiger partial charge in [-0.15, -0.1) is 0 Å². The first-order chi connectivity index (χ1) is 4.48. The van der Waals surface area contributed by atoms with Gasteiger partial charge in [0.15, 0.2) is 0 Å². The first-order valence-electron chi connectivity index (χ1n) is 2.85. The molecule has 3 nitrogen and oxygen atoms in total. The lowest BCUT2D eigenvalue weighted by Crippen LogP contribution is -2.42. The molecule has 0 aromatic rings. The minimum atomic E-state index is -1.90. The summed E-state index contributed by atoms with van der Waals surface area (Å²) in [5.41, 5.74) is -0.265. The molecule has 0 radical (unpaired) electrons. The largest absolute Gasteiger partial charge is 0.294 e. The molecule has 0 aliphatic rings. The van der Waals surface area contributed by atoms with Crippen LogP contribution in [0.25, 0.3) is 0 Å². The molecule has 0 aliphatic carbocycles. The quantitative estimate of drug-likeness (QED) is 0.635. The summed E-state index contributed by atoms with van der Waals surface area (Å²) in [6.07, 6.45) is 1.96. The molecule has 5 heteroatoms. The number of thioether (sulfide) groups is 1. The van der Waals surface area contributed by atoms with Crippen LogP contribution in [-0.2, 0) is 11.3 Å². The van der Waals surface area contributed by atoms with Gasteiger partial charge in [-0.2, -0.15) is 11.8 Å². The Morgan fingerprint density at radius 3 is 2.50 bits per heavy atom. The van der Waals surface area contributed by atoms with Crippen LogP contribution in [0.3, 0.4) is 0 Å². The van der Waals surface area contributed by atoms with Crippen molar-refractivity contribution in [1.82, 2.24) is 4.72 Å². The van der Waals surface area contributed by atoms with Crippen LogP contribution >= 0.6 is 11.8 Å². The van der Waals surface area contributed by atoms with E-state index in [2.05, 4.69) is 4.72 Å². The summed E-state index contributed by atoms with van der Waals surface area (Å²) in [7, 11) is 0. The Labute approximate surface area is 68.4 Å². The highest BCUT2D eigenvalue weighted by Gasteiger charge is 2.17. The Morgan fingerprint density at radius 2 is 2.20 bits per heavy atom. The van der Waals surface area contributed by atoms with Gasteiger partial charge in [0.25, 0.3) is 0 Å². The summed E-state index contributed by atoms with van der Waals surface area (Å²) >= 11 is -0.257. The number of rotatable bonds is 4. The van der Waals surface area contributed by atoms with Gasteiger partial charge in [-0.3, -0.25) is 4.55 Å². The van der Waals surface area contributed by atoms with E-state index in [9.17, 15) is 4.21 Å². The highest BCUT2D eigenvalue weighted by molar-refractivity contribution is 7.98. The monoisotopic (exact) mass is 183 g/mol. The maximum Gasteiger partial charge on any atom is 0.232 e. The Balaban J connectivity index is 3.74. The Hall–Kier alpha value is 0.420. The van der Waals surface area contributed by atoms with E-state index < -0.39 is 11.3 Å². The zero-order valence-electron chi connectivity index (χ0n) is 6.38. The average molecular weight is 183 g/mol. The molecule has 0 aromatic heterocycles. The van der Waals surface area contributed by atoms with E-state index in [1.807, 2.05) is 20.1 Å². The van der Waals surface area contributed by atoms with Crippen molar-refractivity contribution in [3.63, 3.8) is 0 Å². The minimum Gasteiger partial charge on any atom is -0.294 e. The van der Waals surface area contributed by atoms with Gasteiger partial charge in [-0.25, -0.2) is 8.93 Å². The van der Waals surface area contributed by atoms with E-state index in [0.717, 1.165) is 5.75 Å². The summed E-state index contributed by atoms with van der Waals surface area (Å²) in [5.74, 6) is 0.819. The van der Waals surface area contributed by atoms with Crippen LogP contribution in [0.15, 0.2) is 0 Å². The lowest BCUT2D eigenvalue weighted by Gasteiger charge is -2.22. The zero-order chi connectivity index (χ0) is 8.20. The SMILES string of the molecule is CSCC(C)(C)NS(=O)O. The fraction of sp³-hybridized carbons (Fsp3) is 1.00. The van der Waals surface area contributed by atoms with Crippen molar-refractivity contribution in [3.05, 3.63) is 0 Å². The Kier molecular flexibility index (Phi) is 4.51. The van der Waals surface area contributed by atoms with Crippen molar-refractivity contribution in [2.75, 3.05) is 12.0 Å². The average Bonchev–Trinajstić information content (AvgIpc) is 1.59. The van der Waals surface area contributed by atoms with E-state index in [1.165, 1.54) is 0 Å². The topological polar surface area (TPSA) is 49.3 Å². The van der Waals surface area contributed by atoms with Crippen LogP contribution in [0.5, 0.6) is 0 Å². The molecule has 0 saturated heterocycles. The number of hydrogen-bond acceptors (Lipinski definition) is 2. The van der Waals surface area contributed by atoms with Crippen molar-refractivity contribution in [2.24, 2.45) is 0 Å². The van der Waals surface area contributed by atoms with Gasteiger partial charge in [-0.1, -0.05) is 0 Å². The third-order valence-electron chi connectivity index (χ3n) is 0.869. The molecule has 1 unspecified atom stereocenters. The lowest BCUT2D eigenvalue weighted by atomic mass is 10.1. The molecule has 10 heavy (non-hydrogen) atoms. The molecule has 62 valence electrons. The maximum absolute atomic E-state index is 10.3. The second-order valence-electron chi connectivity index (χ2n) is 2.67. The molecule has 0 bridgehead atoms. The predicted molar refractivity (Wildman–Crippen MR) is 46.4 cm³/mol. The fourth-order valence-corrected chi connectivity index (χ4v) is 2.06. The van der Waals surface area contributed by atoms with E-state index in [0.29, 0.717) is 0 Å². The standard InChI is InChI=1S/C5H13NO2S2/c1-5(2,4-9-3)6-10(7)8/h6H,4H2,1-3H3,(H,7,8). The zero-order valence-corrected chi connectivity index (χ0v) is 8.01. The van der Waals surface area contributed by atoms with Crippen molar-refractivity contribution in [2.45, 2.75) is 19.4 Å². The van der Waals surface area contributed by atoms with Gasteiger partial charge in [0.2, 0.25) is 11.3 Å². The van der Waals surface area contributed by atoms with Gasteiger partial charge in [0.1, 0.15) is 0 Å². The van der Waals surface area contributed by atoms with Crippen molar-refractivity contribution >= 4 is 23.0 Å². The first-order valence-corrected chi connectivity index (χ1v) is 5.35. The smallest absolute Gasteiger partial charge is 0.232 e. The first kappa shape index (κ1) is 10.4. The molecule has 0 aromatic carbocycles. The van der Waals surface area contributed by atoms with Crippen LogP contribution in [0.1, 0.15) is 13.8 Å². The summed E-state index contributed by atoms with van der Waals surface area (Å²) < 4.78 is 21.3. The van der Waals surface area contributed by atoms with Gasteiger partial charge in [0, 0.05) is 11.3 Å². The normalized spacial score (nSPS) is 15.2. The molecule has 0 fully saturated rings. The third kappa shape index (κ3) is 5.22. The van der Waals surface area contributed by atoms with E-state index in [4.69, 9.17) is 4.55 Å². The van der Waals surface area contributed by atoms with E-state index >= 15 is 0 Å². The lowest BCUT2D eigenvalue weighted by molar-refractivity contribution is 0.481. The summed E-state index contributed by atoms with van der Waals surface area (Å²) in [5, 5.41) is 0. The molecule has 0 aliphatic heterocycles. The minimum absolute atomic E-state index is 0.265. The summed E-state index contributed by atoms with van der Waals surface area (Å²) in [4.78, 5) is 0. The highest BCUT2D eigenvalue weighted by atomic mass is 32.2. The maximum atomic E-state index is 10.3. The molecule has 2 N–H and O–H groups in total. The molecular weight excluding hydrogens is 170 g/mol. The van der Waals surface area contributed by atoms with Crippen LogP contribution in [0.2, 0.25) is 0 Å². The van der Waals surface area contributed by atoms with Crippen molar-refractivity contribution in [3.8, 4) is 0 Å². The Bertz CT molecular complexity index is 127. The number of hydrogen-bond donors (Lipinski definition) is 2. The van der Waals surface area contributed by atoms with Gasteiger partial charge in [0.05, 0.1) is 0 Å². The number of nitrogens with one attached hydrogen (secondary N) is 1. The van der Waals surface area contributed by atoms with Crippen LogP contribution in [0.4, 0.5) is 0 Å². The predicted octanol–water partition coefficient (Wildman–Crippen LogP) is 0.854. The summed E-state index contributed by atoms with van der Waals surface area (Å²) in [6, 6.07) is 0. The molecular formula is C5H13NO2S2. The molecule has 0 heterocycles.